The Balaban J connectivity index is 2.12. The molecule has 1 saturated carbocycles. The molecule has 2 atom stereocenters. The van der Waals surface area contributed by atoms with Gasteiger partial charge in [-0.05, 0) is 25.7 Å². The van der Waals surface area contributed by atoms with Crippen molar-refractivity contribution in [2.75, 3.05) is 6.61 Å². The lowest BCUT2D eigenvalue weighted by molar-refractivity contribution is -0.152. The lowest BCUT2D eigenvalue weighted by atomic mass is 9.75. The van der Waals surface area contributed by atoms with Crippen molar-refractivity contribution < 1.29 is 14.3 Å². The minimum absolute atomic E-state index is 0.217. The van der Waals surface area contributed by atoms with E-state index in [0.29, 0.717) is 16.5 Å². The highest BCUT2D eigenvalue weighted by atomic mass is 35.5. The summed E-state index contributed by atoms with van der Waals surface area (Å²) >= 11 is 6.01. The Morgan fingerprint density at radius 1 is 1.40 bits per heavy atom. The normalized spacial score (nSPS) is 28.4. The molecule has 2 aliphatic rings. The number of fused-ring (bicyclic) bond motifs is 1. The van der Waals surface area contributed by atoms with Crippen LogP contribution in [-0.4, -0.2) is 18.4 Å². The highest BCUT2D eigenvalue weighted by molar-refractivity contribution is 6.45. The van der Waals surface area contributed by atoms with Crippen LogP contribution in [-0.2, 0) is 14.3 Å². The zero-order valence-corrected chi connectivity index (χ0v) is 9.34. The molecular formula is C11H13ClO3. The largest absolute Gasteiger partial charge is 0.460 e. The molecular weight excluding hydrogens is 216 g/mol. The van der Waals surface area contributed by atoms with Crippen molar-refractivity contribution in [3.8, 4) is 0 Å². The molecule has 2 rings (SSSR count). The number of hydrogen-bond donors (Lipinski definition) is 0. The number of hydrogen-bond acceptors (Lipinski definition) is 3. The maximum Gasteiger partial charge on any atom is 0.379 e. The molecule has 0 heterocycles. The molecule has 0 amide bonds. The fourth-order valence-corrected chi connectivity index (χ4v) is 2.96. The molecule has 4 heteroatoms. The lowest BCUT2D eigenvalue weighted by Crippen LogP contribution is -2.33. The van der Waals surface area contributed by atoms with E-state index in [-0.39, 0.29) is 12.5 Å². The Labute approximate surface area is 93.4 Å². The molecule has 0 aliphatic heterocycles. The first kappa shape index (κ1) is 10.7. The zero-order valence-electron chi connectivity index (χ0n) is 8.59. The molecule has 0 aromatic carbocycles. The summed E-state index contributed by atoms with van der Waals surface area (Å²) in [5, 5.41) is 0.593. The van der Waals surface area contributed by atoms with Crippen LogP contribution in [0.4, 0.5) is 0 Å². The Morgan fingerprint density at radius 2 is 2.07 bits per heavy atom. The summed E-state index contributed by atoms with van der Waals surface area (Å²) in [5.41, 5.74) is 0.512. The second-order valence-electron chi connectivity index (χ2n) is 3.96. The van der Waals surface area contributed by atoms with E-state index in [1.54, 1.807) is 6.92 Å². The number of carbonyl (C=O) groups excluding carboxylic acids is 2. The van der Waals surface area contributed by atoms with Gasteiger partial charge in [0.2, 0.25) is 0 Å². The average molecular weight is 229 g/mol. The van der Waals surface area contributed by atoms with E-state index in [9.17, 15) is 9.59 Å². The number of allylic oxidation sites excluding steroid dienone is 1. The standard InChI is InChI=1S/C11H13ClO3/c1-2-15-11(14)10(13)8-6-4-3-5-7(6)9(8)12/h6-7H,2-5H2,1H3. The smallest absolute Gasteiger partial charge is 0.379 e. The van der Waals surface area contributed by atoms with Crippen molar-refractivity contribution in [3.63, 3.8) is 0 Å². The van der Waals surface area contributed by atoms with Gasteiger partial charge in [-0.3, -0.25) is 4.79 Å². The molecule has 82 valence electrons. The van der Waals surface area contributed by atoms with Gasteiger partial charge in [-0.25, -0.2) is 4.79 Å². The number of ether oxygens (including phenoxy) is 1. The van der Waals surface area contributed by atoms with Crippen LogP contribution in [0.15, 0.2) is 10.6 Å². The summed E-state index contributed by atoms with van der Waals surface area (Å²) in [7, 11) is 0. The summed E-state index contributed by atoms with van der Waals surface area (Å²) in [6, 6.07) is 0. The van der Waals surface area contributed by atoms with Gasteiger partial charge >= 0.3 is 5.97 Å². The van der Waals surface area contributed by atoms with Gasteiger partial charge in [0.15, 0.2) is 0 Å². The van der Waals surface area contributed by atoms with Gasteiger partial charge in [-0.1, -0.05) is 18.0 Å². The van der Waals surface area contributed by atoms with Crippen molar-refractivity contribution in [2.45, 2.75) is 26.2 Å². The number of esters is 1. The maximum atomic E-state index is 11.7. The van der Waals surface area contributed by atoms with Gasteiger partial charge in [-0.2, -0.15) is 0 Å². The van der Waals surface area contributed by atoms with Crippen molar-refractivity contribution in [3.05, 3.63) is 10.6 Å². The van der Waals surface area contributed by atoms with Crippen LogP contribution in [0.2, 0.25) is 0 Å². The Bertz CT molecular complexity index is 346. The van der Waals surface area contributed by atoms with Gasteiger partial charge in [0.25, 0.3) is 5.78 Å². The number of carbonyl (C=O) groups is 2. The first-order valence-electron chi connectivity index (χ1n) is 5.27. The zero-order chi connectivity index (χ0) is 11.0. The fraction of sp³-hybridized carbons (Fsp3) is 0.636. The average Bonchev–Trinajstić information content (AvgIpc) is 2.62. The van der Waals surface area contributed by atoms with Gasteiger partial charge in [0.05, 0.1) is 6.61 Å². The summed E-state index contributed by atoms with van der Waals surface area (Å²) in [6.45, 7) is 1.91. The monoisotopic (exact) mass is 228 g/mol. The van der Waals surface area contributed by atoms with Crippen LogP contribution in [0.3, 0.4) is 0 Å². The summed E-state index contributed by atoms with van der Waals surface area (Å²) < 4.78 is 4.68. The second-order valence-corrected chi connectivity index (χ2v) is 4.36. The van der Waals surface area contributed by atoms with Crippen LogP contribution >= 0.6 is 11.6 Å². The predicted octanol–water partition coefficient (Wildman–Crippen LogP) is 2.04. The number of Topliss-reactive ketones (excluding diaryl/α,β-unsaturated/α-hetero) is 1. The summed E-state index contributed by atoms with van der Waals surface area (Å²) in [4.78, 5) is 22.9. The Hall–Kier alpha value is -0.830. The van der Waals surface area contributed by atoms with Crippen molar-refractivity contribution in [1.29, 1.82) is 0 Å². The van der Waals surface area contributed by atoms with Gasteiger partial charge in [-0.15, -0.1) is 0 Å². The van der Waals surface area contributed by atoms with Gasteiger partial charge in [0.1, 0.15) is 0 Å². The van der Waals surface area contributed by atoms with E-state index in [4.69, 9.17) is 11.6 Å². The van der Waals surface area contributed by atoms with Crippen LogP contribution in [0.25, 0.3) is 0 Å². The van der Waals surface area contributed by atoms with E-state index in [0.717, 1.165) is 19.3 Å². The molecule has 0 radical (unpaired) electrons. The van der Waals surface area contributed by atoms with Crippen molar-refractivity contribution >= 4 is 23.4 Å². The van der Waals surface area contributed by atoms with E-state index in [2.05, 4.69) is 4.74 Å². The van der Waals surface area contributed by atoms with Crippen LogP contribution in [0.5, 0.6) is 0 Å². The number of ketones is 1. The molecule has 0 spiro atoms. The van der Waals surface area contributed by atoms with E-state index in [1.807, 2.05) is 0 Å². The number of halogens is 1. The van der Waals surface area contributed by atoms with E-state index < -0.39 is 11.8 Å². The molecule has 15 heavy (non-hydrogen) atoms. The van der Waals surface area contributed by atoms with Crippen LogP contribution in [0.1, 0.15) is 26.2 Å². The molecule has 0 bridgehead atoms. The SMILES string of the molecule is CCOC(=O)C(=O)C1=C(Cl)C2CCCC12. The summed E-state index contributed by atoms with van der Waals surface area (Å²) in [5.74, 6) is -0.754. The second kappa shape index (κ2) is 3.97. The molecule has 2 aliphatic carbocycles. The molecule has 3 nitrogen and oxygen atoms in total. The fourth-order valence-electron chi connectivity index (χ4n) is 2.47. The highest BCUT2D eigenvalue weighted by Crippen LogP contribution is 2.53. The molecule has 0 saturated heterocycles. The third-order valence-electron chi connectivity index (χ3n) is 3.18. The van der Waals surface area contributed by atoms with E-state index in [1.165, 1.54) is 0 Å². The van der Waals surface area contributed by atoms with Gasteiger partial charge in [0, 0.05) is 16.5 Å². The van der Waals surface area contributed by atoms with Crippen LogP contribution < -0.4 is 0 Å². The Morgan fingerprint density at radius 3 is 2.73 bits per heavy atom. The minimum Gasteiger partial charge on any atom is -0.460 e. The molecule has 0 N–H and O–H groups in total. The molecule has 1 fully saturated rings. The Kier molecular flexibility index (Phi) is 2.83. The third-order valence-corrected chi connectivity index (χ3v) is 3.66. The van der Waals surface area contributed by atoms with E-state index >= 15 is 0 Å². The molecule has 0 aromatic heterocycles. The molecule has 2 unspecified atom stereocenters. The third kappa shape index (κ3) is 1.59. The minimum atomic E-state index is -0.768. The highest BCUT2D eigenvalue weighted by Gasteiger charge is 2.47. The first-order chi connectivity index (χ1) is 7.16. The quantitative estimate of drug-likeness (QED) is 0.549. The van der Waals surface area contributed by atoms with Crippen molar-refractivity contribution in [2.24, 2.45) is 11.8 Å². The van der Waals surface area contributed by atoms with Crippen LogP contribution in [0, 0.1) is 11.8 Å². The predicted molar refractivity (Wildman–Crippen MR) is 55.4 cm³/mol. The topological polar surface area (TPSA) is 43.4 Å². The lowest BCUT2D eigenvalue weighted by Gasteiger charge is -2.32. The summed E-state index contributed by atoms with van der Waals surface area (Å²) in [6.07, 6.45) is 3.11. The molecule has 0 aromatic rings. The maximum absolute atomic E-state index is 11.7. The van der Waals surface area contributed by atoms with Crippen molar-refractivity contribution in [1.82, 2.24) is 0 Å². The van der Waals surface area contributed by atoms with Gasteiger partial charge < -0.3 is 4.74 Å². The number of rotatable bonds is 3. The first-order valence-corrected chi connectivity index (χ1v) is 5.65.